The molecular formula is C43H52F2N6O4. The van der Waals surface area contributed by atoms with Crippen LogP contribution in [0.15, 0.2) is 35.3 Å². The van der Waals surface area contributed by atoms with Crippen LogP contribution in [0.2, 0.25) is 0 Å². The lowest BCUT2D eigenvalue weighted by atomic mass is 9.81. The average molecular weight is 755 g/mol. The van der Waals surface area contributed by atoms with E-state index in [0.717, 1.165) is 45.3 Å². The van der Waals surface area contributed by atoms with Crippen molar-refractivity contribution >= 4 is 39.3 Å². The van der Waals surface area contributed by atoms with Crippen molar-refractivity contribution in [3.05, 3.63) is 58.5 Å². The summed E-state index contributed by atoms with van der Waals surface area (Å²) in [7, 11) is 0. The van der Waals surface area contributed by atoms with Gasteiger partial charge in [0.15, 0.2) is 5.83 Å². The fraction of sp³-hybridized carbons (Fsp3) is 0.535. The standard InChI is InChI=1S/C43H52F2N6O4/c1-6-30-33(44)9-8-28-20-29(52)21-32(34(28)30)35-37(45)39-36(31(7-2)38(35)47-26(3)4)40(51-18-19-54-24-42(5,53)22-51)49-41(48-39)55-25-43(13-14-43)23-50-16-11-27(10-15-46)12-17-50/h7-9,20-21,26-27,52-53H,6,10-14,16-19,22-25H2,1-5H3/b31-7-,47-38?. The summed E-state index contributed by atoms with van der Waals surface area (Å²) in [5.41, 5.74) is 0.888. The predicted octanol–water partition coefficient (Wildman–Crippen LogP) is 7.51. The normalized spacial score (nSPS) is 23.4. The maximum Gasteiger partial charge on any atom is 0.319 e. The molecule has 1 aromatic heterocycles. The van der Waals surface area contributed by atoms with Crippen LogP contribution in [0, 0.1) is 28.5 Å². The van der Waals surface area contributed by atoms with Gasteiger partial charge in [0.25, 0.3) is 0 Å². The minimum absolute atomic E-state index is 0.00553. The topological polar surface area (TPSA) is 127 Å². The number of hydrogen-bond acceptors (Lipinski definition) is 10. The molecule has 55 heavy (non-hydrogen) atoms. The highest BCUT2D eigenvalue weighted by molar-refractivity contribution is 6.51. The number of phenols is 1. The number of aromatic hydroxyl groups is 1. The van der Waals surface area contributed by atoms with Crippen molar-refractivity contribution in [2.45, 2.75) is 84.8 Å². The number of ether oxygens (including phenoxy) is 2. The summed E-state index contributed by atoms with van der Waals surface area (Å²) >= 11 is 0. The van der Waals surface area contributed by atoms with Gasteiger partial charge in [-0.25, -0.2) is 8.78 Å². The zero-order chi connectivity index (χ0) is 39.1. The average Bonchev–Trinajstić information content (AvgIpc) is 3.94. The van der Waals surface area contributed by atoms with E-state index in [0.29, 0.717) is 83.1 Å². The van der Waals surface area contributed by atoms with E-state index in [4.69, 9.17) is 29.7 Å². The Bertz CT molecular complexity index is 2090. The lowest BCUT2D eigenvalue weighted by molar-refractivity contribution is -0.0123. The van der Waals surface area contributed by atoms with E-state index in [1.165, 1.54) is 12.1 Å². The maximum atomic E-state index is 17.9. The Labute approximate surface area is 322 Å². The number of aliphatic imine (C=N–C) groups is 1. The van der Waals surface area contributed by atoms with Gasteiger partial charge in [0.2, 0.25) is 0 Å². The minimum atomic E-state index is -1.21. The number of hydrogen-bond donors (Lipinski definition) is 2. The van der Waals surface area contributed by atoms with Crippen LogP contribution in [0.1, 0.15) is 89.1 Å². The van der Waals surface area contributed by atoms with Gasteiger partial charge in [0, 0.05) is 42.1 Å². The number of anilines is 1. The number of benzene rings is 2. The minimum Gasteiger partial charge on any atom is -0.508 e. The number of piperidine rings is 1. The first kappa shape index (κ1) is 38.8. The third-order valence-corrected chi connectivity index (χ3v) is 11.4. The van der Waals surface area contributed by atoms with Crippen molar-refractivity contribution in [2.75, 3.05) is 57.4 Å². The first-order valence-electron chi connectivity index (χ1n) is 19.6. The summed E-state index contributed by atoms with van der Waals surface area (Å²) in [4.78, 5) is 19.1. The first-order chi connectivity index (χ1) is 26.4. The zero-order valence-corrected chi connectivity index (χ0v) is 32.6. The van der Waals surface area contributed by atoms with E-state index < -0.39 is 17.2 Å². The fourth-order valence-electron chi connectivity index (χ4n) is 8.44. The summed E-state index contributed by atoms with van der Waals surface area (Å²) in [5, 5.41) is 32.5. The Balaban J connectivity index is 1.38. The second-order valence-electron chi connectivity index (χ2n) is 16.3. The van der Waals surface area contributed by atoms with Crippen LogP contribution in [0.4, 0.5) is 14.6 Å². The summed E-state index contributed by atoms with van der Waals surface area (Å²) in [5.74, 6) is -0.340. The monoisotopic (exact) mass is 754 g/mol. The van der Waals surface area contributed by atoms with Crippen LogP contribution in [-0.4, -0.2) is 95.0 Å². The van der Waals surface area contributed by atoms with Gasteiger partial charge in [0.05, 0.1) is 43.7 Å². The molecule has 2 N–H and O–H groups in total. The molecule has 0 amide bonds. The van der Waals surface area contributed by atoms with E-state index in [2.05, 4.69) is 11.0 Å². The number of aromatic nitrogens is 2. The van der Waals surface area contributed by atoms with E-state index >= 15 is 8.78 Å². The van der Waals surface area contributed by atoms with Crippen molar-refractivity contribution in [2.24, 2.45) is 16.3 Å². The molecule has 1 unspecified atom stereocenters. The van der Waals surface area contributed by atoms with Crippen molar-refractivity contribution < 1.29 is 28.5 Å². The number of allylic oxidation sites excluding steroid dienone is 3. The highest BCUT2D eigenvalue weighted by atomic mass is 19.1. The number of nitriles is 1. The van der Waals surface area contributed by atoms with Gasteiger partial charge in [-0.2, -0.15) is 15.2 Å². The largest absolute Gasteiger partial charge is 0.508 e. The van der Waals surface area contributed by atoms with Crippen LogP contribution in [0.5, 0.6) is 11.8 Å². The first-order valence-corrected chi connectivity index (χ1v) is 19.6. The van der Waals surface area contributed by atoms with Gasteiger partial charge in [-0.15, -0.1) is 0 Å². The van der Waals surface area contributed by atoms with E-state index in [1.807, 2.05) is 38.7 Å². The Kier molecular flexibility index (Phi) is 11.0. The molecule has 2 aliphatic heterocycles. The molecule has 3 heterocycles. The van der Waals surface area contributed by atoms with Crippen LogP contribution in [-0.2, 0) is 11.2 Å². The third kappa shape index (κ3) is 7.98. The van der Waals surface area contributed by atoms with Gasteiger partial charge in [0.1, 0.15) is 28.7 Å². The van der Waals surface area contributed by atoms with E-state index in [1.54, 1.807) is 19.1 Å². The van der Waals surface area contributed by atoms with E-state index in [-0.39, 0.29) is 47.6 Å². The summed E-state index contributed by atoms with van der Waals surface area (Å²) in [6.07, 6.45) is 6.81. The number of β-amino-alcohol motifs (C(OH)–C–C–N with tert-alkyl or cyclic N) is 1. The van der Waals surface area contributed by atoms with Crippen molar-refractivity contribution in [3.63, 3.8) is 0 Å². The van der Waals surface area contributed by atoms with Crippen LogP contribution in [0.3, 0.4) is 0 Å². The Morgan fingerprint density at radius 3 is 2.60 bits per heavy atom. The molecule has 2 aliphatic carbocycles. The highest BCUT2D eigenvalue weighted by Gasteiger charge is 2.46. The molecule has 0 spiro atoms. The Hall–Kier alpha value is -4.44. The zero-order valence-electron chi connectivity index (χ0n) is 32.6. The van der Waals surface area contributed by atoms with Gasteiger partial charge in [-0.3, -0.25) is 4.99 Å². The molecule has 7 rings (SSSR count). The molecule has 10 nitrogen and oxygen atoms in total. The third-order valence-electron chi connectivity index (χ3n) is 11.4. The molecule has 3 aromatic rings. The Morgan fingerprint density at radius 2 is 1.93 bits per heavy atom. The van der Waals surface area contributed by atoms with Gasteiger partial charge in [-0.1, -0.05) is 19.1 Å². The maximum absolute atomic E-state index is 17.9. The number of likely N-dealkylation sites (tertiary alicyclic amines) is 1. The van der Waals surface area contributed by atoms with Crippen LogP contribution < -0.4 is 9.64 Å². The van der Waals surface area contributed by atoms with Gasteiger partial charge >= 0.3 is 6.01 Å². The SMILES string of the molecule is C/C=C1\C(=NC(C)C)C(c2cc(O)cc3ccc(F)c(CC)c23)=C(F)c2nc(OCC3(CN4CCC(CC#N)CC4)CC3)nc(N3CCOCC(C)(O)C3)c21. The number of rotatable bonds is 10. The predicted molar refractivity (Wildman–Crippen MR) is 211 cm³/mol. The molecule has 0 radical (unpaired) electrons. The molecule has 292 valence electrons. The molecule has 2 saturated heterocycles. The second kappa shape index (κ2) is 15.6. The quantitative estimate of drug-likeness (QED) is 0.216. The molecule has 1 saturated carbocycles. The summed E-state index contributed by atoms with van der Waals surface area (Å²) in [6, 6.07) is 8.09. The molecule has 3 fully saturated rings. The van der Waals surface area contributed by atoms with Crippen LogP contribution >= 0.6 is 0 Å². The molecule has 12 heteroatoms. The van der Waals surface area contributed by atoms with Crippen molar-refractivity contribution in [1.82, 2.24) is 14.9 Å². The molecule has 0 bridgehead atoms. The smallest absolute Gasteiger partial charge is 0.319 e. The molecule has 2 aromatic carbocycles. The van der Waals surface area contributed by atoms with E-state index in [9.17, 15) is 10.2 Å². The highest BCUT2D eigenvalue weighted by Crippen LogP contribution is 2.49. The summed E-state index contributed by atoms with van der Waals surface area (Å²) in [6.45, 7) is 13.3. The fourth-order valence-corrected chi connectivity index (χ4v) is 8.44. The lowest BCUT2D eigenvalue weighted by Crippen LogP contribution is -2.43. The van der Waals surface area contributed by atoms with Gasteiger partial charge < -0.3 is 29.5 Å². The number of halogens is 2. The lowest BCUT2D eigenvalue weighted by Gasteiger charge is -2.34. The number of phenolic OH excluding ortho intramolecular Hbond substituents is 1. The summed E-state index contributed by atoms with van der Waals surface area (Å²) < 4.78 is 45.6. The van der Waals surface area contributed by atoms with Crippen molar-refractivity contribution in [3.8, 4) is 17.8 Å². The second-order valence-corrected chi connectivity index (χ2v) is 16.3. The molecular weight excluding hydrogens is 703 g/mol. The molecule has 1 atom stereocenters. The number of nitrogens with zero attached hydrogens (tertiary/aromatic N) is 6. The number of aliphatic hydroxyl groups is 1. The number of fused-ring (bicyclic) bond motifs is 2. The van der Waals surface area contributed by atoms with Crippen LogP contribution in [0.25, 0.3) is 27.7 Å². The Morgan fingerprint density at radius 1 is 1.16 bits per heavy atom. The number of aryl methyl sites for hydroxylation is 1. The van der Waals surface area contributed by atoms with Crippen molar-refractivity contribution in [1.29, 1.82) is 5.26 Å². The molecule has 4 aliphatic rings. The van der Waals surface area contributed by atoms with Gasteiger partial charge in [-0.05, 0) is 119 Å².